The van der Waals surface area contributed by atoms with Crippen molar-refractivity contribution in [3.05, 3.63) is 48.2 Å². The number of piperazine rings is 1. The first kappa shape index (κ1) is 24.8. The first-order chi connectivity index (χ1) is 15.6. The molecule has 1 saturated heterocycles. The lowest BCUT2D eigenvalue weighted by Crippen LogP contribution is -2.51. The highest BCUT2D eigenvalue weighted by atomic mass is 32.2. The minimum absolute atomic E-state index is 0.0894. The lowest BCUT2D eigenvalue weighted by molar-refractivity contribution is -0.158. The highest BCUT2D eigenvalue weighted by molar-refractivity contribution is 7.89. The Morgan fingerprint density at radius 2 is 1.79 bits per heavy atom. The maximum atomic E-state index is 12.9. The molecule has 1 N–H and O–H groups in total. The Morgan fingerprint density at radius 1 is 1.12 bits per heavy atom. The molecular formula is C19H23F3N6O4S. The van der Waals surface area contributed by atoms with Crippen molar-refractivity contribution < 1.29 is 31.6 Å². The topological polar surface area (TPSA) is 120 Å². The Hall–Kier alpha value is -2.84. The number of aromatic nitrogens is 3. The molecule has 33 heavy (non-hydrogen) atoms. The summed E-state index contributed by atoms with van der Waals surface area (Å²) in [5, 5.41) is 10.2. The van der Waals surface area contributed by atoms with Gasteiger partial charge in [0, 0.05) is 51.2 Å². The average Bonchev–Trinajstić information content (AvgIpc) is 2.81. The molecule has 3 rings (SSSR count). The van der Waals surface area contributed by atoms with Crippen molar-refractivity contribution >= 4 is 22.3 Å². The molecule has 0 unspecified atom stereocenters. The van der Waals surface area contributed by atoms with Gasteiger partial charge >= 0.3 is 6.18 Å². The number of halogens is 3. The number of carbonyl (C=O) groups is 1. The van der Waals surface area contributed by atoms with E-state index in [0.717, 1.165) is 12.3 Å². The van der Waals surface area contributed by atoms with Gasteiger partial charge in [0.15, 0.2) is 0 Å². The molecule has 2 aromatic heterocycles. The van der Waals surface area contributed by atoms with Gasteiger partial charge in [0.1, 0.15) is 11.6 Å². The fraction of sp³-hybridized carbons (Fsp3) is 0.474. The number of amides is 1. The van der Waals surface area contributed by atoms with Gasteiger partial charge in [-0.25, -0.2) is 28.4 Å². The fourth-order valence-corrected chi connectivity index (χ4v) is 5.15. The number of rotatable bonds is 9. The molecule has 0 radical (unpaired) electrons. The van der Waals surface area contributed by atoms with Gasteiger partial charge in [-0.15, -0.1) is 0 Å². The Bertz CT molecular complexity index is 1020. The summed E-state index contributed by atoms with van der Waals surface area (Å²) in [6.07, 6.45) is -0.114. The summed E-state index contributed by atoms with van der Waals surface area (Å²) in [6, 6.07) is 2.82. The number of hydrogen-bond donors (Lipinski definition) is 1. The molecule has 180 valence electrons. The van der Waals surface area contributed by atoms with E-state index in [1.807, 2.05) is 0 Å². The van der Waals surface area contributed by atoms with Gasteiger partial charge < -0.3 is 4.90 Å². The molecule has 0 saturated carbocycles. The molecule has 0 aromatic carbocycles. The van der Waals surface area contributed by atoms with Crippen LogP contribution >= 0.6 is 0 Å². The van der Waals surface area contributed by atoms with Gasteiger partial charge in [0.2, 0.25) is 16.4 Å². The molecule has 3 heterocycles. The van der Waals surface area contributed by atoms with Crippen molar-refractivity contribution in [3.63, 3.8) is 0 Å². The summed E-state index contributed by atoms with van der Waals surface area (Å²) in [6.45, 7) is 0.644. The summed E-state index contributed by atoms with van der Waals surface area (Å²) in [5.74, 6) is 0.285. The maximum Gasteiger partial charge on any atom is 0.417 e. The molecule has 2 aromatic rings. The van der Waals surface area contributed by atoms with Crippen LogP contribution in [-0.4, -0.2) is 82.3 Å². The second-order valence-corrected chi connectivity index (χ2v) is 9.42. The highest BCUT2D eigenvalue weighted by Crippen LogP contribution is 2.29. The second-order valence-electron chi connectivity index (χ2n) is 7.41. The van der Waals surface area contributed by atoms with E-state index in [2.05, 4.69) is 15.0 Å². The largest absolute Gasteiger partial charge is 0.417 e. The average molecular weight is 488 g/mol. The third-order valence-corrected chi connectivity index (χ3v) is 7.19. The molecule has 14 heteroatoms. The SMILES string of the molecule is O=CN(O)[C@H](CCc1ncccn1)CS(=O)(=O)N1CCN(c2ccc(C(F)(F)F)cn2)CC1. The van der Waals surface area contributed by atoms with E-state index in [1.165, 1.54) is 22.8 Å². The molecule has 0 bridgehead atoms. The van der Waals surface area contributed by atoms with Crippen LogP contribution in [0.3, 0.4) is 0 Å². The van der Waals surface area contributed by atoms with Crippen LogP contribution in [-0.2, 0) is 27.4 Å². The molecule has 1 atom stereocenters. The van der Waals surface area contributed by atoms with Crippen LogP contribution < -0.4 is 4.90 Å². The predicted molar refractivity (Wildman–Crippen MR) is 111 cm³/mol. The fourth-order valence-electron chi connectivity index (χ4n) is 3.42. The molecule has 10 nitrogen and oxygen atoms in total. The number of alkyl halides is 3. The quantitative estimate of drug-likeness (QED) is 0.318. The van der Waals surface area contributed by atoms with Crippen LogP contribution in [0.4, 0.5) is 19.0 Å². The van der Waals surface area contributed by atoms with Crippen molar-refractivity contribution in [2.45, 2.75) is 25.1 Å². The number of sulfonamides is 1. The van der Waals surface area contributed by atoms with Gasteiger partial charge in [-0.1, -0.05) is 0 Å². The number of nitrogens with zero attached hydrogens (tertiary/aromatic N) is 6. The number of anilines is 1. The van der Waals surface area contributed by atoms with Gasteiger partial charge in [-0.05, 0) is 24.6 Å². The van der Waals surface area contributed by atoms with Crippen LogP contribution in [0.5, 0.6) is 0 Å². The lowest BCUT2D eigenvalue weighted by atomic mass is 10.2. The van der Waals surface area contributed by atoms with Crippen LogP contribution in [0.15, 0.2) is 36.8 Å². The Morgan fingerprint density at radius 3 is 2.33 bits per heavy atom. The Balaban J connectivity index is 1.59. The van der Waals surface area contributed by atoms with Crippen molar-refractivity contribution in [1.82, 2.24) is 24.3 Å². The minimum Gasteiger partial charge on any atom is -0.354 e. The van der Waals surface area contributed by atoms with E-state index in [0.29, 0.717) is 16.7 Å². The van der Waals surface area contributed by atoms with E-state index in [-0.39, 0.29) is 45.4 Å². The number of hydrogen-bond acceptors (Lipinski definition) is 8. The third kappa shape index (κ3) is 6.58. The van der Waals surface area contributed by atoms with Gasteiger partial charge in [-0.3, -0.25) is 10.0 Å². The van der Waals surface area contributed by atoms with Crippen LogP contribution in [0.1, 0.15) is 17.8 Å². The summed E-state index contributed by atoms with van der Waals surface area (Å²) >= 11 is 0. The van der Waals surface area contributed by atoms with Gasteiger partial charge in [0.05, 0.1) is 17.4 Å². The zero-order valence-corrected chi connectivity index (χ0v) is 18.3. The smallest absolute Gasteiger partial charge is 0.354 e. The van der Waals surface area contributed by atoms with Crippen molar-refractivity contribution in [3.8, 4) is 0 Å². The van der Waals surface area contributed by atoms with E-state index < -0.39 is 33.6 Å². The molecule has 0 spiro atoms. The third-order valence-electron chi connectivity index (χ3n) is 5.24. The van der Waals surface area contributed by atoms with Gasteiger partial charge in [0.25, 0.3) is 0 Å². The number of hydroxylamine groups is 2. The van der Waals surface area contributed by atoms with Crippen molar-refractivity contribution in [2.24, 2.45) is 0 Å². The maximum absolute atomic E-state index is 12.9. The van der Waals surface area contributed by atoms with E-state index in [4.69, 9.17) is 0 Å². The second kappa shape index (κ2) is 10.4. The Kier molecular flexibility index (Phi) is 7.81. The Labute approximate surface area is 188 Å². The number of aryl methyl sites for hydroxylation is 1. The van der Waals surface area contributed by atoms with E-state index in [9.17, 15) is 31.6 Å². The zero-order chi connectivity index (χ0) is 24.1. The minimum atomic E-state index is -4.48. The first-order valence-electron chi connectivity index (χ1n) is 10.0. The number of carbonyl (C=O) groups excluding carboxylic acids is 1. The molecular weight excluding hydrogens is 465 g/mol. The summed E-state index contributed by atoms with van der Waals surface area (Å²) in [4.78, 5) is 24.7. The lowest BCUT2D eigenvalue weighted by Gasteiger charge is -2.35. The molecule has 1 amide bonds. The molecule has 1 aliphatic heterocycles. The zero-order valence-electron chi connectivity index (χ0n) is 17.5. The first-order valence-corrected chi connectivity index (χ1v) is 11.7. The summed E-state index contributed by atoms with van der Waals surface area (Å²) in [7, 11) is -3.84. The summed E-state index contributed by atoms with van der Waals surface area (Å²) in [5.41, 5.74) is -0.858. The van der Waals surface area contributed by atoms with Crippen LogP contribution in [0.25, 0.3) is 0 Å². The molecule has 0 aliphatic carbocycles. The molecule has 1 fully saturated rings. The normalized spacial score (nSPS) is 16.4. The van der Waals surface area contributed by atoms with Gasteiger partial charge in [-0.2, -0.15) is 17.5 Å². The van der Waals surface area contributed by atoms with E-state index >= 15 is 0 Å². The van der Waals surface area contributed by atoms with Crippen LogP contribution in [0.2, 0.25) is 0 Å². The standard InChI is InChI=1S/C19H23F3N6O4S/c20-19(21,22)15-2-5-18(25-12-15)26-8-10-27(11-9-26)33(31,32)13-16(28(30)14-29)3-4-17-23-6-1-7-24-17/h1-2,5-7,12,14,16,30H,3-4,8-11,13H2/t16-/m1/s1. The van der Waals surface area contributed by atoms with E-state index in [1.54, 1.807) is 11.0 Å². The predicted octanol–water partition coefficient (Wildman–Crippen LogP) is 1.19. The highest BCUT2D eigenvalue weighted by Gasteiger charge is 2.33. The molecule has 1 aliphatic rings. The van der Waals surface area contributed by atoms with Crippen molar-refractivity contribution in [2.75, 3.05) is 36.8 Å². The number of pyridine rings is 1. The summed E-state index contributed by atoms with van der Waals surface area (Å²) < 4.78 is 65.2. The monoisotopic (exact) mass is 488 g/mol. The van der Waals surface area contributed by atoms with Crippen molar-refractivity contribution in [1.29, 1.82) is 0 Å². The van der Waals surface area contributed by atoms with Crippen LogP contribution in [0, 0.1) is 0 Å².